The molecule has 2 aromatic rings. The van der Waals surface area contributed by atoms with E-state index in [4.69, 9.17) is 0 Å². The van der Waals surface area contributed by atoms with Crippen molar-refractivity contribution in [3.05, 3.63) is 77.9 Å². The minimum atomic E-state index is -0.352. The zero-order chi connectivity index (χ0) is 18.4. The van der Waals surface area contributed by atoms with Crippen molar-refractivity contribution in [1.82, 2.24) is 0 Å². The number of carbonyl (C=O) groups excluding carboxylic acids is 1. The number of ketones is 1. The van der Waals surface area contributed by atoms with Gasteiger partial charge in [0, 0.05) is 6.08 Å². The molecule has 0 amide bonds. The van der Waals surface area contributed by atoms with Gasteiger partial charge in [0.05, 0.1) is 5.56 Å². The molecule has 0 radical (unpaired) electrons. The van der Waals surface area contributed by atoms with E-state index in [0.717, 1.165) is 11.6 Å². The van der Waals surface area contributed by atoms with Gasteiger partial charge in [-0.05, 0) is 23.8 Å². The van der Waals surface area contributed by atoms with Crippen molar-refractivity contribution in [2.45, 2.75) is 27.7 Å². The molecule has 0 saturated carbocycles. The Bertz CT molecular complexity index is 656. The Hall–Kier alpha value is -2.81. The van der Waals surface area contributed by atoms with Crippen molar-refractivity contribution in [3.63, 3.8) is 0 Å². The number of rotatable bonds is 4. The standard InChI is InChI=1S/C17H14O3.2C2H6/c18-14(11-10-13-6-2-1-3-7-13)12-17(20)15-8-4-5-9-16(15)19;2*1-2/h1-12,19-20H;2*1-2H3/b11-10+,17-12?;;. The van der Waals surface area contributed by atoms with Crippen LogP contribution in [-0.2, 0) is 4.79 Å². The van der Waals surface area contributed by atoms with Crippen LogP contribution in [0.4, 0.5) is 0 Å². The number of aliphatic hydroxyl groups excluding tert-OH is 1. The molecule has 128 valence electrons. The highest BCUT2D eigenvalue weighted by Gasteiger charge is 2.05. The number of phenolic OH excluding ortho intramolecular Hbond substituents is 1. The lowest BCUT2D eigenvalue weighted by Crippen LogP contribution is -1.91. The SMILES string of the molecule is CC.CC.O=C(C=C(O)c1ccccc1O)/C=C/c1ccccc1. The third-order valence-electron chi connectivity index (χ3n) is 2.70. The van der Waals surface area contributed by atoms with Crippen LogP contribution >= 0.6 is 0 Å². The summed E-state index contributed by atoms with van der Waals surface area (Å²) in [5, 5.41) is 19.4. The molecular formula is C21H26O3. The van der Waals surface area contributed by atoms with E-state index in [1.54, 1.807) is 18.2 Å². The summed E-state index contributed by atoms with van der Waals surface area (Å²) < 4.78 is 0. The van der Waals surface area contributed by atoms with Crippen molar-refractivity contribution in [3.8, 4) is 5.75 Å². The lowest BCUT2D eigenvalue weighted by Gasteiger charge is -2.01. The molecule has 0 bridgehead atoms. The summed E-state index contributed by atoms with van der Waals surface area (Å²) in [6.45, 7) is 8.00. The predicted molar refractivity (Wildman–Crippen MR) is 102 cm³/mol. The van der Waals surface area contributed by atoms with Gasteiger partial charge in [-0.25, -0.2) is 0 Å². The second-order valence-electron chi connectivity index (χ2n) is 4.19. The molecule has 0 heterocycles. The fourth-order valence-corrected chi connectivity index (χ4v) is 1.69. The number of para-hydroxylation sites is 1. The van der Waals surface area contributed by atoms with E-state index in [1.807, 2.05) is 58.0 Å². The molecule has 0 aliphatic rings. The molecular weight excluding hydrogens is 300 g/mol. The number of hydrogen-bond donors (Lipinski definition) is 2. The third kappa shape index (κ3) is 7.45. The molecule has 3 nitrogen and oxygen atoms in total. The van der Waals surface area contributed by atoms with E-state index in [1.165, 1.54) is 18.2 Å². The molecule has 3 heteroatoms. The van der Waals surface area contributed by atoms with Gasteiger partial charge in [0.15, 0.2) is 5.78 Å². The van der Waals surface area contributed by atoms with Gasteiger partial charge in [-0.2, -0.15) is 0 Å². The third-order valence-corrected chi connectivity index (χ3v) is 2.70. The van der Waals surface area contributed by atoms with E-state index in [0.29, 0.717) is 0 Å². The summed E-state index contributed by atoms with van der Waals surface area (Å²) in [6, 6.07) is 15.7. The molecule has 2 rings (SSSR count). The predicted octanol–water partition coefficient (Wildman–Crippen LogP) is 5.63. The summed E-state index contributed by atoms with van der Waals surface area (Å²) in [4.78, 5) is 11.7. The summed E-state index contributed by atoms with van der Waals surface area (Å²) in [5.41, 5.74) is 1.13. The molecule has 0 fully saturated rings. The van der Waals surface area contributed by atoms with Gasteiger partial charge >= 0.3 is 0 Å². The normalized spacial score (nSPS) is 10.2. The van der Waals surface area contributed by atoms with E-state index >= 15 is 0 Å². The van der Waals surface area contributed by atoms with Crippen LogP contribution in [0.1, 0.15) is 38.8 Å². The number of aliphatic hydroxyl groups is 1. The highest BCUT2D eigenvalue weighted by atomic mass is 16.3. The minimum absolute atomic E-state index is 0.0684. The number of phenols is 1. The average molecular weight is 326 g/mol. The first-order valence-electron chi connectivity index (χ1n) is 8.13. The maximum absolute atomic E-state index is 11.7. The Kier molecular flexibility index (Phi) is 11.2. The molecule has 0 spiro atoms. The molecule has 0 saturated heterocycles. The molecule has 2 aromatic carbocycles. The van der Waals surface area contributed by atoms with Crippen LogP contribution in [0.2, 0.25) is 0 Å². The van der Waals surface area contributed by atoms with E-state index in [2.05, 4.69) is 0 Å². The van der Waals surface area contributed by atoms with E-state index < -0.39 is 0 Å². The van der Waals surface area contributed by atoms with Crippen molar-refractivity contribution in [2.24, 2.45) is 0 Å². The quantitative estimate of drug-likeness (QED) is 0.566. The largest absolute Gasteiger partial charge is 0.507 e. The average Bonchev–Trinajstić information content (AvgIpc) is 2.64. The highest BCUT2D eigenvalue weighted by molar-refractivity contribution is 6.05. The summed E-state index contributed by atoms with van der Waals surface area (Å²) >= 11 is 0. The summed E-state index contributed by atoms with van der Waals surface area (Å²) in [7, 11) is 0. The van der Waals surface area contributed by atoms with Crippen LogP contribution in [0.15, 0.2) is 66.7 Å². The van der Waals surface area contributed by atoms with Gasteiger partial charge in [0.1, 0.15) is 11.5 Å². The first-order chi connectivity index (χ1) is 11.7. The first kappa shape index (κ1) is 21.2. The van der Waals surface area contributed by atoms with Crippen LogP contribution in [0.25, 0.3) is 11.8 Å². The van der Waals surface area contributed by atoms with Crippen LogP contribution in [-0.4, -0.2) is 16.0 Å². The second kappa shape index (κ2) is 12.7. The Balaban J connectivity index is 0.00000123. The molecule has 0 aliphatic carbocycles. The van der Waals surface area contributed by atoms with Crippen molar-refractivity contribution in [1.29, 1.82) is 0 Å². The summed E-state index contributed by atoms with van der Waals surface area (Å²) in [6.07, 6.45) is 4.11. The monoisotopic (exact) mass is 326 g/mol. The smallest absolute Gasteiger partial charge is 0.182 e. The number of carbonyl (C=O) groups is 1. The maximum Gasteiger partial charge on any atom is 0.182 e. The fraction of sp³-hybridized carbons (Fsp3) is 0.190. The molecule has 2 N–H and O–H groups in total. The van der Waals surface area contributed by atoms with Crippen molar-refractivity contribution in [2.75, 3.05) is 0 Å². The van der Waals surface area contributed by atoms with Crippen LogP contribution in [0.5, 0.6) is 5.75 Å². The first-order valence-corrected chi connectivity index (χ1v) is 8.13. The van der Waals surface area contributed by atoms with Gasteiger partial charge in [-0.15, -0.1) is 0 Å². The second-order valence-corrected chi connectivity index (χ2v) is 4.19. The number of hydrogen-bond acceptors (Lipinski definition) is 3. The lowest BCUT2D eigenvalue weighted by atomic mass is 10.1. The molecule has 0 aromatic heterocycles. The summed E-state index contributed by atoms with van der Waals surface area (Å²) in [5.74, 6) is -0.679. The maximum atomic E-state index is 11.7. The van der Waals surface area contributed by atoms with Gasteiger partial charge in [0.2, 0.25) is 0 Å². The van der Waals surface area contributed by atoms with Gasteiger partial charge < -0.3 is 10.2 Å². The van der Waals surface area contributed by atoms with Crippen LogP contribution < -0.4 is 0 Å². The highest BCUT2D eigenvalue weighted by Crippen LogP contribution is 2.22. The number of benzene rings is 2. The van der Waals surface area contributed by atoms with Crippen molar-refractivity contribution < 1.29 is 15.0 Å². The Morgan fingerprint density at radius 2 is 1.42 bits per heavy atom. The topological polar surface area (TPSA) is 57.5 Å². The zero-order valence-electron chi connectivity index (χ0n) is 14.7. The molecule has 0 aliphatic heterocycles. The van der Waals surface area contributed by atoms with Gasteiger partial charge in [-0.3, -0.25) is 4.79 Å². The number of allylic oxidation sites excluding steroid dienone is 2. The zero-order valence-corrected chi connectivity index (χ0v) is 14.7. The van der Waals surface area contributed by atoms with Crippen LogP contribution in [0.3, 0.4) is 0 Å². The molecule has 24 heavy (non-hydrogen) atoms. The fourth-order valence-electron chi connectivity index (χ4n) is 1.69. The Labute approximate surface area is 144 Å². The van der Waals surface area contributed by atoms with Crippen LogP contribution in [0, 0.1) is 0 Å². The van der Waals surface area contributed by atoms with Crippen molar-refractivity contribution >= 4 is 17.6 Å². The van der Waals surface area contributed by atoms with E-state index in [-0.39, 0.29) is 22.9 Å². The van der Waals surface area contributed by atoms with Gasteiger partial charge in [0.25, 0.3) is 0 Å². The lowest BCUT2D eigenvalue weighted by molar-refractivity contribution is -0.110. The van der Waals surface area contributed by atoms with E-state index in [9.17, 15) is 15.0 Å². The Morgan fingerprint density at radius 1 is 0.875 bits per heavy atom. The Morgan fingerprint density at radius 3 is 2.00 bits per heavy atom. The minimum Gasteiger partial charge on any atom is -0.507 e. The van der Waals surface area contributed by atoms with Gasteiger partial charge in [-0.1, -0.05) is 76.2 Å². The molecule has 0 atom stereocenters. The number of aromatic hydroxyl groups is 1. The molecule has 0 unspecified atom stereocenters.